The van der Waals surface area contributed by atoms with Gasteiger partial charge in [-0.05, 0) is 18.2 Å². The lowest BCUT2D eigenvalue weighted by molar-refractivity contribution is -0.137. The minimum atomic E-state index is -1.11. The SMILES string of the molecule is COCCN(CC(=O)O)C(=O)c1ccc2c(c1)OCC(=O)N2. The molecule has 1 aliphatic heterocycles. The molecule has 0 fully saturated rings. The number of rotatable bonds is 6. The van der Waals surface area contributed by atoms with E-state index in [0.29, 0.717) is 11.4 Å². The van der Waals surface area contributed by atoms with Crippen LogP contribution in [0.5, 0.6) is 5.75 Å². The van der Waals surface area contributed by atoms with Gasteiger partial charge in [-0.1, -0.05) is 0 Å². The molecular formula is C14H16N2O6. The third-order valence-corrected chi connectivity index (χ3v) is 3.04. The minimum absolute atomic E-state index is 0.118. The monoisotopic (exact) mass is 308 g/mol. The number of nitrogens with one attached hydrogen (secondary N) is 1. The summed E-state index contributed by atoms with van der Waals surface area (Å²) in [6.45, 7) is -0.142. The standard InChI is InChI=1S/C14H16N2O6/c1-21-5-4-16(7-13(18)19)14(20)9-2-3-10-11(6-9)22-8-12(17)15-10/h2-3,6H,4-5,7-8H2,1H3,(H,15,17)(H,18,19). The fraction of sp³-hybridized carbons (Fsp3) is 0.357. The Balaban J connectivity index is 2.19. The van der Waals surface area contributed by atoms with Crippen LogP contribution >= 0.6 is 0 Å². The van der Waals surface area contributed by atoms with E-state index in [2.05, 4.69) is 5.32 Å². The van der Waals surface area contributed by atoms with E-state index in [1.807, 2.05) is 0 Å². The van der Waals surface area contributed by atoms with Crippen LogP contribution in [0.2, 0.25) is 0 Å². The topological polar surface area (TPSA) is 105 Å². The van der Waals surface area contributed by atoms with E-state index in [1.54, 1.807) is 6.07 Å². The summed E-state index contributed by atoms with van der Waals surface area (Å²) in [6, 6.07) is 4.55. The highest BCUT2D eigenvalue weighted by Crippen LogP contribution is 2.28. The number of nitrogens with zero attached hydrogens (tertiary/aromatic N) is 1. The summed E-state index contributed by atoms with van der Waals surface area (Å²) in [5.74, 6) is -1.43. The first-order valence-corrected chi connectivity index (χ1v) is 6.58. The lowest BCUT2D eigenvalue weighted by atomic mass is 10.1. The van der Waals surface area contributed by atoms with Gasteiger partial charge in [0.05, 0.1) is 12.3 Å². The van der Waals surface area contributed by atoms with E-state index < -0.39 is 18.4 Å². The van der Waals surface area contributed by atoms with E-state index >= 15 is 0 Å². The van der Waals surface area contributed by atoms with Crippen molar-refractivity contribution in [1.29, 1.82) is 0 Å². The summed E-state index contributed by atoms with van der Waals surface area (Å²) >= 11 is 0. The minimum Gasteiger partial charge on any atom is -0.482 e. The second kappa shape index (κ2) is 6.90. The van der Waals surface area contributed by atoms with Gasteiger partial charge in [-0.25, -0.2) is 0 Å². The van der Waals surface area contributed by atoms with Gasteiger partial charge in [-0.2, -0.15) is 0 Å². The largest absolute Gasteiger partial charge is 0.482 e. The molecule has 0 aromatic heterocycles. The molecule has 2 rings (SSSR count). The van der Waals surface area contributed by atoms with E-state index in [9.17, 15) is 14.4 Å². The molecule has 8 nitrogen and oxygen atoms in total. The first kappa shape index (κ1) is 15.8. The average molecular weight is 308 g/mol. The molecule has 1 aliphatic rings. The lowest BCUT2D eigenvalue weighted by Gasteiger charge is -2.22. The summed E-state index contributed by atoms with van der Waals surface area (Å²) in [5.41, 5.74) is 0.765. The van der Waals surface area contributed by atoms with Gasteiger partial charge in [0.15, 0.2) is 6.61 Å². The number of hydrogen-bond acceptors (Lipinski definition) is 5. The number of ether oxygens (including phenoxy) is 2. The van der Waals surface area contributed by atoms with Crippen LogP contribution in [0, 0.1) is 0 Å². The Labute approximate surface area is 126 Å². The number of carboxylic acids is 1. The first-order valence-electron chi connectivity index (χ1n) is 6.58. The normalized spacial score (nSPS) is 12.9. The molecule has 0 spiro atoms. The molecule has 0 bridgehead atoms. The van der Waals surface area contributed by atoms with Crippen molar-refractivity contribution in [2.75, 3.05) is 38.7 Å². The van der Waals surface area contributed by atoms with Crippen molar-refractivity contribution in [2.45, 2.75) is 0 Å². The van der Waals surface area contributed by atoms with Crippen LogP contribution in [0.1, 0.15) is 10.4 Å². The third kappa shape index (κ3) is 3.73. The summed E-state index contributed by atoms with van der Waals surface area (Å²) in [5, 5.41) is 11.5. The van der Waals surface area contributed by atoms with Crippen LogP contribution in [0.15, 0.2) is 18.2 Å². The maximum Gasteiger partial charge on any atom is 0.323 e. The Kier molecular flexibility index (Phi) is 4.95. The molecule has 0 aliphatic carbocycles. The maximum absolute atomic E-state index is 12.4. The number of aliphatic carboxylic acids is 1. The predicted octanol–water partition coefficient (Wildman–Crippen LogP) is 0.191. The second-order valence-corrected chi connectivity index (χ2v) is 4.66. The molecule has 0 unspecified atom stereocenters. The fourth-order valence-corrected chi connectivity index (χ4v) is 2.01. The molecule has 1 heterocycles. The molecule has 8 heteroatoms. The summed E-state index contributed by atoms with van der Waals surface area (Å²) < 4.78 is 10.1. The zero-order valence-corrected chi connectivity index (χ0v) is 12.0. The number of fused-ring (bicyclic) bond motifs is 1. The summed E-state index contributed by atoms with van der Waals surface area (Å²) in [7, 11) is 1.47. The second-order valence-electron chi connectivity index (χ2n) is 4.66. The van der Waals surface area contributed by atoms with Crippen LogP contribution in [-0.4, -0.2) is 61.2 Å². The van der Waals surface area contributed by atoms with Gasteiger partial charge in [0.2, 0.25) is 0 Å². The molecule has 0 radical (unpaired) electrons. The molecule has 2 N–H and O–H groups in total. The Morgan fingerprint density at radius 3 is 2.91 bits per heavy atom. The number of carbonyl (C=O) groups excluding carboxylic acids is 2. The van der Waals surface area contributed by atoms with Crippen LogP contribution in [0.3, 0.4) is 0 Å². The highest BCUT2D eigenvalue weighted by molar-refractivity contribution is 5.99. The van der Waals surface area contributed by atoms with Crippen molar-refractivity contribution >= 4 is 23.5 Å². The van der Waals surface area contributed by atoms with E-state index in [4.69, 9.17) is 14.6 Å². The molecule has 0 saturated heterocycles. The van der Waals surface area contributed by atoms with Crippen molar-refractivity contribution in [3.63, 3.8) is 0 Å². The summed E-state index contributed by atoms with van der Waals surface area (Å²) in [6.07, 6.45) is 0. The third-order valence-electron chi connectivity index (χ3n) is 3.04. The molecular weight excluding hydrogens is 292 g/mol. The molecule has 2 amide bonds. The van der Waals surface area contributed by atoms with Crippen molar-refractivity contribution in [1.82, 2.24) is 4.90 Å². The number of carbonyl (C=O) groups is 3. The van der Waals surface area contributed by atoms with Crippen LogP contribution in [0.4, 0.5) is 5.69 Å². The van der Waals surface area contributed by atoms with Crippen molar-refractivity contribution in [3.8, 4) is 5.75 Å². The van der Waals surface area contributed by atoms with E-state index in [1.165, 1.54) is 24.1 Å². The number of amides is 2. The first-order chi connectivity index (χ1) is 10.5. The zero-order valence-electron chi connectivity index (χ0n) is 12.0. The quantitative estimate of drug-likeness (QED) is 0.777. The molecule has 0 saturated carbocycles. The highest BCUT2D eigenvalue weighted by atomic mass is 16.5. The number of hydrogen-bond donors (Lipinski definition) is 2. The van der Waals surface area contributed by atoms with Gasteiger partial charge < -0.3 is 24.8 Å². The van der Waals surface area contributed by atoms with Gasteiger partial charge in [-0.15, -0.1) is 0 Å². The van der Waals surface area contributed by atoms with Crippen LogP contribution in [-0.2, 0) is 14.3 Å². The Morgan fingerprint density at radius 2 is 2.23 bits per heavy atom. The average Bonchev–Trinajstić information content (AvgIpc) is 2.49. The van der Waals surface area contributed by atoms with Crippen LogP contribution in [0.25, 0.3) is 0 Å². The Hall–Kier alpha value is -2.61. The smallest absolute Gasteiger partial charge is 0.323 e. The number of methoxy groups -OCH3 is 1. The Morgan fingerprint density at radius 1 is 1.45 bits per heavy atom. The molecule has 1 aromatic rings. The van der Waals surface area contributed by atoms with Crippen LogP contribution < -0.4 is 10.1 Å². The predicted molar refractivity (Wildman–Crippen MR) is 76.0 cm³/mol. The lowest BCUT2D eigenvalue weighted by Crippen LogP contribution is -2.38. The maximum atomic E-state index is 12.4. The van der Waals surface area contributed by atoms with Gasteiger partial charge >= 0.3 is 5.97 Å². The fourth-order valence-electron chi connectivity index (χ4n) is 2.01. The van der Waals surface area contributed by atoms with E-state index in [-0.39, 0.29) is 31.2 Å². The van der Waals surface area contributed by atoms with Crippen molar-refractivity contribution < 1.29 is 29.0 Å². The molecule has 118 valence electrons. The molecule has 22 heavy (non-hydrogen) atoms. The molecule has 1 aromatic carbocycles. The summed E-state index contributed by atoms with van der Waals surface area (Å²) in [4.78, 5) is 35.6. The van der Waals surface area contributed by atoms with Crippen molar-refractivity contribution in [2.24, 2.45) is 0 Å². The highest BCUT2D eigenvalue weighted by Gasteiger charge is 2.22. The number of benzene rings is 1. The van der Waals surface area contributed by atoms with E-state index in [0.717, 1.165) is 0 Å². The van der Waals surface area contributed by atoms with Gasteiger partial charge in [0.25, 0.3) is 11.8 Å². The van der Waals surface area contributed by atoms with Gasteiger partial charge in [-0.3, -0.25) is 14.4 Å². The van der Waals surface area contributed by atoms with Crippen molar-refractivity contribution in [3.05, 3.63) is 23.8 Å². The molecule has 0 atom stereocenters. The number of anilines is 1. The Bertz CT molecular complexity index is 601. The zero-order chi connectivity index (χ0) is 16.1. The van der Waals surface area contributed by atoms with Gasteiger partial charge in [0, 0.05) is 19.2 Å². The number of carboxylic acid groups (broad SMARTS) is 1. The van der Waals surface area contributed by atoms with Gasteiger partial charge in [0.1, 0.15) is 12.3 Å².